The summed E-state index contributed by atoms with van der Waals surface area (Å²) in [5, 5.41) is 10.2. The maximum absolute atomic E-state index is 13.7. The lowest BCUT2D eigenvalue weighted by Crippen LogP contribution is -2.31. The van der Waals surface area contributed by atoms with Crippen LogP contribution in [0.15, 0.2) is 27.8 Å². The number of nitrogens with one attached hydrogen (secondary N) is 1. The summed E-state index contributed by atoms with van der Waals surface area (Å²) in [7, 11) is 0. The van der Waals surface area contributed by atoms with Gasteiger partial charge < -0.3 is 5.11 Å². The SMILES string of the molecule is CCc1c(O)n(-c2cc(Cl)ccc2F)c(=O)[nH]c1=O. The third kappa shape index (κ3) is 2.26. The molecule has 2 rings (SSSR count). The van der Waals surface area contributed by atoms with E-state index in [-0.39, 0.29) is 22.7 Å². The summed E-state index contributed by atoms with van der Waals surface area (Å²) in [6, 6.07) is 3.57. The normalized spacial score (nSPS) is 10.7. The van der Waals surface area contributed by atoms with Gasteiger partial charge in [0, 0.05) is 5.02 Å². The van der Waals surface area contributed by atoms with Crippen LogP contribution in [0.1, 0.15) is 12.5 Å². The van der Waals surface area contributed by atoms with Gasteiger partial charge in [-0.2, -0.15) is 0 Å². The molecule has 1 aromatic carbocycles. The topological polar surface area (TPSA) is 75.1 Å². The molecule has 0 spiro atoms. The van der Waals surface area contributed by atoms with Crippen molar-refractivity contribution in [2.45, 2.75) is 13.3 Å². The second kappa shape index (κ2) is 4.89. The summed E-state index contributed by atoms with van der Waals surface area (Å²) >= 11 is 5.74. The van der Waals surface area contributed by atoms with Crippen LogP contribution in [0.5, 0.6) is 5.88 Å². The summed E-state index contributed by atoms with van der Waals surface area (Å²) in [5.41, 5.74) is -1.84. The fraction of sp³-hybridized carbons (Fsp3) is 0.167. The van der Waals surface area contributed by atoms with Crippen LogP contribution in [0.4, 0.5) is 4.39 Å². The van der Waals surface area contributed by atoms with Crippen molar-refractivity contribution in [3.63, 3.8) is 0 Å². The standard InChI is InChI=1S/C12H10ClFN2O3/c1-2-7-10(17)15-12(19)16(11(7)18)9-5-6(13)3-4-8(9)14/h3-5,18H,2H2,1H3,(H,15,17,19). The Morgan fingerprint density at radius 3 is 2.74 bits per heavy atom. The van der Waals surface area contributed by atoms with Crippen LogP contribution in [-0.2, 0) is 6.42 Å². The summed E-state index contributed by atoms with van der Waals surface area (Å²) in [6.45, 7) is 1.63. The van der Waals surface area contributed by atoms with Crippen molar-refractivity contribution >= 4 is 11.6 Å². The number of rotatable bonds is 2. The molecule has 2 N–H and O–H groups in total. The number of benzene rings is 1. The molecule has 0 saturated carbocycles. The van der Waals surface area contributed by atoms with Crippen molar-refractivity contribution in [3.05, 3.63) is 55.4 Å². The Morgan fingerprint density at radius 1 is 1.42 bits per heavy atom. The number of hydrogen-bond donors (Lipinski definition) is 2. The zero-order valence-electron chi connectivity index (χ0n) is 9.91. The molecular weight excluding hydrogens is 275 g/mol. The Labute approximate surface area is 111 Å². The van der Waals surface area contributed by atoms with Gasteiger partial charge in [0.15, 0.2) is 0 Å². The van der Waals surface area contributed by atoms with Crippen molar-refractivity contribution in [2.75, 3.05) is 0 Å². The molecule has 0 aliphatic carbocycles. The molecule has 0 aliphatic heterocycles. The van der Waals surface area contributed by atoms with E-state index in [9.17, 15) is 19.1 Å². The highest BCUT2D eigenvalue weighted by molar-refractivity contribution is 6.30. The molecule has 19 heavy (non-hydrogen) atoms. The van der Waals surface area contributed by atoms with E-state index < -0.39 is 22.9 Å². The predicted molar refractivity (Wildman–Crippen MR) is 68.7 cm³/mol. The minimum absolute atomic E-state index is 0.000949. The quantitative estimate of drug-likeness (QED) is 0.879. The lowest BCUT2D eigenvalue weighted by atomic mass is 10.2. The lowest BCUT2D eigenvalue weighted by molar-refractivity contribution is 0.420. The van der Waals surface area contributed by atoms with E-state index in [1.165, 1.54) is 12.1 Å². The highest BCUT2D eigenvalue weighted by atomic mass is 35.5. The van der Waals surface area contributed by atoms with Crippen molar-refractivity contribution in [2.24, 2.45) is 0 Å². The van der Waals surface area contributed by atoms with Gasteiger partial charge in [-0.05, 0) is 24.6 Å². The first-order valence-electron chi connectivity index (χ1n) is 5.48. The van der Waals surface area contributed by atoms with Gasteiger partial charge in [-0.25, -0.2) is 13.8 Å². The number of aromatic amines is 1. The highest BCUT2D eigenvalue weighted by Crippen LogP contribution is 2.22. The van der Waals surface area contributed by atoms with Crippen LogP contribution in [0.2, 0.25) is 5.02 Å². The summed E-state index contributed by atoms with van der Waals surface area (Å²) in [4.78, 5) is 25.2. The number of hydrogen-bond acceptors (Lipinski definition) is 3. The van der Waals surface area contributed by atoms with Crippen molar-refractivity contribution in [3.8, 4) is 11.6 Å². The molecule has 1 aromatic heterocycles. The molecule has 0 aliphatic rings. The Morgan fingerprint density at radius 2 is 2.11 bits per heavy atom. The predicted octanol–water partition coefficient (Wildman–Crippen LogP) is 1.59. The minimum atomic E-state index is -0.930. The molecule has 1 heterocycles. The fourth-order valence-corrected chi connectivity index (χ4v) is 1.93. The first-order valence-corrected chi connectivity index (χ1v) is 5.86. The third-order valence-electron chi connectivity index (χ3n) is 2.68. The molecule has 0 saturated heterocycles. The van der Waals surface area contributed by atoms with Gasteiger partial charge >= 0.3 is 5.69 Å². The zero-order chi connectivity index (χ0) is 14.2. The number of halogens is 2. The fourth-order valence-electron chi connectivity index (χ4n) is 1.76. The second-order valence-corrected chi connectivity index (χ2v) is 4.28. The Balaban J connectivity index is 2.86. The van der Waals surface area contributed by atoms with E-state index in [4.69, 9.17) is 11.6 Å². The van der Waals surface area contributed by atoms with Gasteiger partial charge in [0.2, 0.25) is 5.88 Å². The average Bonchev–Trinajstić information content (AvgIpc) is 2.33. The number of aromatic nitrogens is 2. The van der Waals surface area contributed by atoms with Gasteiger partial charge in [-0.1, -0.05) is 18.5 Å². The van der Waals surface area contributed by atoms with E-state index in [1.807, 2.05) is 4.98 Å². The molecule has 0 radical (unpaired) electrons. The van der Waals surface area contributed by atoms with Crippen molar-refractivity contribution in [1.29, 1.82) is 0 Å². The van der Waals surface area contributed by atoms with Gasteiger partial charge in [0.1, 0.15) is 5.82 Å². The van der Waals surface area contributed by atoms with E-state index in [0.717, 1.165) is 6.07 Å². The first-order chi connectivity index (χ1) is 8.95. The van der Waals surface area contributed by atoms with E-state index in [2.05, 4.69) is 0 Å². The molecule has 0 fully saturated rings. The van der Waals surface area contributed by atoms with Crippen LogP contribution in [0.3, 0.4) is 0 Å². The van der Waals surface area contributed by atoms with Crippen LogP contribution < -0.4 is 11.2 Å². The zero-order valence-corrected chi connectivity index (χ0v) is 10.7. The molecule has 0 unspecified atom stereocenters. The first kappa shape index (κ1) is 13.4. The molecule has 0 atom stereocenters. The van der Waals surface area contributed by atoms with E-state index in [0.29, 0.717) is 4.57 Å². The average molecular weight is 285 g/mol. The summed E-state index contributed by atoms with van der Waals surface area (Å²) < 4.78 is 14.4. The summed E-state index contributed by atoms with van der Waals surface area (Å²) in [5.74, 6) is -1.33. The van der Waals surface area contributed by atoms with Crippen LogP contribution >= 0.6 is 11.6 Å². The largest absolute Gasteiger partial charge is 0.494 e. The minimum Gasteiger partial charge on any atom is -0.494 e. The molecular formula is C12H10ClFN2O3. The van der Waals surface area contributed by atoms with Gasteiger partial charge in [-0.15, -0.1) is 0 Å². The molecule has 5 nitrogen and oxygen atoms in total. The Bertz CT molecular complexity index is 752. The smallest absolute Gasteiger partial charge is 0.335 e. The maximum atomic E-state index is 13.7. The Hall–Kier alpha value is -2.08. The summed E-state index contributed by atoms with van der Waals surface area (Å²) in [6.07, 6.45) is 0.198. The molecule has 100 valence electrons. The van der Waals surface area contributed by atoms with E-state index >= 15 is 0 Å². The second-order valence-electron chi connectivity index (χ2n) is 3.85. The third-order valence-corrected chi connectivity index (χ3v) is 2.92. The van der Waals surface area contributed by atoms with Crippen molar-refractivity contribution < 1.29 is 9.50 Å². The van der Waals surface area contributed by atoms with Crippen LogP contribution in [0, 0.1) is 5.82 Å². The number of aromatic hydroxyl groups is 1. The van der Waals surface area contributed by atoms with Gasteiger partial charge in [0.25, 0.3) is 5.56 Å². The van der Waals surface area contributed by atoms with Crippen molar-refractivity contribution in [1.82, 2.24) is 9.55 Å². The number of H-pyrrole nitrogens is 1. The van der Waals surface area contributed by atoms with Gasteiger partial charge in [0.05, 0.1) is 11.3 Å². The lowest BCUT2D eigenvalue weighted by Gasteiger charge is -2.11. The Kier molecular flexibility index (Phi) is 3.44. The van der Waals surface area contributed by atoms with Crippen LogP contribution in [0.25, 0.3) is 5.69 Å². The highest BCUT2D eigenvalue weighted by Gasteiger charge is 2.16. The van der Waals surface area contributed by atoms with Gasteiger partial charge in [-0.3, -0.25) is 9.78 Å². The molecule has 7 heteroatoms. The van der Waals surface area contributed by atoms with E-state index in [1.54, 1.807) is 6.92 Å². The number of nitrogens with zero attached hydrogens (tertiary/aromatic N) is 1. The monoisotopic (exact) mass is 284 g/mol. The maximum Gasteiger partial charge on any atom is 0.335 e. The molecule has 0 bridgehead atoms. The molecule has 2 aromatic rings. The molecule has 0 amide bonds. The van der Waals surface area contributed by atoms with Crippen LogP contribution in [-0.4, -0.2) is 14.7 Å².